The maximum absolute atomic E-state index is 12.4. The number of thioether (sulfide) groups is 1. The second-order valence-corrected chi connectivity index (χ2v) is 8.36. The fourth-order valence-corrected chi connectivity index (χ4v) is 3.60. The second-order valence-electron chi connectivity index (χ2n) is 6.00. The lowest BCUT2D eigenvalue weighted by Gasteiger charge is -2.10. The second kappa shape index (κ2) is 8.98. The molecule has 1 aromatic carbocycles. The Balaban J connectivity index is 1.53. The molecule has 28 heavy (non-hydrogen) atoms. The zero-order valence-corrected chi connectivity index (χ0v) is 17.2. The number of nitrogens with zero attached hydrogens (tertiary/aromatic N) is 3. The molecule has 0 spiro atoms. The van der Waals surface area contributed by atoms with Gasteiger partial charge in [0.2, 0.25) is 17.7 Å². The van der Waals surface area contributed by atoms with Gasteiger partial charge in [-0.15, -0.1) is 21.5 Å². The Morgan fingerprint density at radius 2 is 1.86 bits per heavy atom. The van der Waals surface area contributed by atoms with E-state index in [4.69, 9.17) is 4.42 Å². The summed E-state index contributed by atoms with van der Waals surface area (Å²) >= 11 is 2.76. The molecule has 0 aliphatic rings. The molecule has 0 aliphatic heterocycles. The van der Waals surface area contributed by atoms with Gasteiger partial charge in [0.1, 0.15) is 0 Å². The van der Waals surface area contributed by atoms with Gasteiger partial charge in [0.05, 0.1) is 22.4 Å². The van der Waals surface area contributed by atoms with Crippen molar-refractivity contribution in [2.75, 3.05) is 10.6 Å². The van der Waals surface area contributed by atoms with Gasteiger partial charge in [0, 0.05) is 23.7 Å². The molecule has 2 heterocycles. The molecular weight excluding hydrogens is 398 g/mol. The number of benzene rings is 1. The molecule has 2 aromatic heterocycles. The maximum Gasteiger partial charge on any atom is 0.277 e. The molecule has 2 amide bonds. The Labute approximate surface area is 170 Å². The molecule has 0 aliphatic carbocycles. The first kappa shape index (κ1) is 20.0. The first-order valence-corrected chi connectivity index (χ1v) is 10.2. The number of aromatic nitrogens is 3. The summed E-state index contributed by atoms with van der Waals surface area (Å²) in [7, 11) is 0. The van der Waals surface area contributed by atoms with Crippen LogP contribution in [-0.2, 0) is 16.0 Å². The molecule has 1 atom stereocenters. The normalized spacial score (nSPS) is 11.8. The molecule has 3 rings (SSSR count). The van der Waals surface area contributed by atoms with E-state index in [2.05, 4.69) is 25.8 Å². The summed E-state index contributed by atoms with van der Waals surface area (Å²) in [6.45, 7) is 5.14. The van der Waals surface area contributed by atoms with Crippen molar-refractivity contribution in [1.29, 1.82) is 0 Å². The summed E-state index contributed by atoms with van der Waals surface area (Å²) in [6, 6.07) is 6.89. The zero-order chi connectivity index (χ0) is 20.1. The van der Waals surface area contributed by atoms with Crippen LogP contribution >= 0.6 is 23.1 Å². The monoisotopic (exact) mass is 417 g/mol. The minimum atomic E-state index is -0.426. The molecule has 0 saturated carbocycles. The van der Waals surface area contributed by atoms with E-state index in [1.54, 1.807) is 42.5 Å². The number of aryl methyl sites for hydroxylation is 1. The summed E-state index contributed by atoms with van der Waals surface area (Å²) in [5, 5.41) is 16.4. The van der Waals surface area contributed by atoms with Crippen molar-refractivity contribution in [3.63, 3.8) is 0 Å². The summed E-state index contributed by atoms with van der Waals surface area (Å²) in [5.74, 6) is 0.131. The molecule has 0 bridgehead atoms. The number of hydrogen-bond acceptors (Lipinski definition) is 8. The topological polar surface area (TPSA) is 110 Å². The molecule has 2 N–H and O–H groups in total. The summed E-state index contributed by atoms with van der Waals surface area (Å²) in [6.07, 6.45) is 0.471. The average Bonchev–Trinajstić information content (AvgIpc) is 3.25. The van der Waals surface area contributed by atoms with Gasteiger partial charge in [-0.25, -0.2) is 4.98 Å². The SMILES string of the molecule is CC(=O)Nc1ccc(NC(=O)[C@H](C)Sc2nnc(Cc3csc(C)n3)o2)cc1. The van der Waals surface area contributed by atoms with E-state index >= 15 is 0 Å². The van der Waals surface area contributed by atoms with Crippen LogP contribution in [0.5, 0.6) is 0 Å². The van der Waals surface area contributed by atoms with Crippen LogP contribution in [0.25, 0.3) is 0 Å². The summed E-state index contributed by atoms with van der Waals surface area (Å²) in [4.78, 5) is 27.8. The minimum absolute atomic E-state index is 0.148. The van der Waals surface area contributed by atoms with Crippen molar-refractivity contribution >= 4 is 46.3 Å². The van der Waals surface area contributed by atoms with E-state index in [0.29, 0.717) is 28.9 Å². The minimum Gasteiger partial charge on any atom is -0.416 e. The van der Waals surface area contributed by atoms with E-state index < -0.39 is 5.25 Å². The molecule has 0 radical (unpaired) electrons. The number of hydrogen-bond donors (Lipinski definition) is 2. The molecule has 0 saturated heterocycles. The predicted octanol–water partition coefficient (Wildman–Crippen LogP) is 3.50. The highest BCUT2D eigenvalue weighted by molar-refractivity contribution is 8.00. The highest BCUT2D eigenvalue weighted by Gasteiger charge is 2.19. The largest absolute Gasteiger partial charge is 0.416 e. The van der Waals surface area contributed by atoms with Gasteiger partial charge >= 0.3 is 0 Å². The van der Waals surface area contributed by atoms with Crippen LogP contribution in [0, 0.1) is 6.92 Å². The van der Waals surface area contributed by atoms with Gasteiger partial charge in [0.25, 0.3) is 5.22 Å². The highest BCUT2D eigenvalue weighted by Crippen LogP contribution is 2.24. The number of nitrogens with one attached hydrogen (secondary N) is 2. The molecule has 8 nitrogen and oxygen atoms in total. The van der Waals surface area contributed by atoms with Crippen LogP contribution in [0.3, 0.4) is 0 Å². The summed E-state index contributed by atoms with van der Waals surface area (Å²) in [5.41, 5.74) is 2.19. The smallest absolute Gasteiger partial charge is 0.277 e. The Bertz CT molecular complexity index is 968. The lowest BCUT2D eigenvalue weighted by Crippen LogP contribution is -2.22. The number of carbonyl (C=O) groups is 2. The zero-order valence-electron chi connectivity index (χ0n) is 15.6. The molecule has 3 aromatic rings. The van der Waals surface area contributed by atoms with E-state index in [9.17, 15) is 9.59 Å². The van der Waals surface area contributed by atoms with Gasteiger partial charge in [-0.2, -0.15) is 0 Å². The van der Waals surface area contributed by atoms with Crippen molar-refractivity contribution in [1.82, 2.24) is 15.2 Å². The number of carbonyl (C=O) groups excluding carboxylic acids is 2. The number of amides is 2. The van der Waals surface area contributed by atoms with Crippen molar-refractivity contribution in [3.05, 3.63) is 46.2 Å². The fraction of sp³-hybridized carbons (Fsp3) is 0.278. The van der Waals surface area contributed by atoms with Crippen molar-refractivity contribution in [2.24, 2.45) is 0 Å². The fourth-order valence-electron chi connectivity index (χ4n) is 2.29. The van der Waals surface area contributed by atoms with Crippen LogP contribution in [0.15, 0.2) is 39.3 Å². The molecular formula is C18H19N5O3S2. The van der Waals surface area contributed by atoms with E-state index in [-0.39, 0.29) is 11.8 Å². The van der Waals surface area contributed by atoms with Crippen molar-refractivity contribution < 1.29 is 14.0 Å². The van der Waals surface area contributed by atoms with Gasteiger partial charge < -0.3 is 15.1 Å². The Kier molecular flexibility index (Phi) is 6.42. The maximum atomic E-state index is 12.4. The van der Waals surface area contributed by atoms with Gasteiger partial charge in [-0.05, 0) is 38.1 Å². The predicted molar refractivity (Wildman–Crippen MR) is 109 cm³/mol. The van der Waals surface area contributed by atoms with Gasteiger partial charge in [0.15, 0.2) is 0 Å². The first-order valence-electron chi connectivity index (χ1n) is 8.47. The standard InChI is InChI=1S/C18H19N5O3S2/c1-10(17(25)21-14-6-4-13(5-7-14)19-11(2)24)28-18-23-22-16(26-18)8-15-9-27-12(3)20-15/h4-7,9-10H,8H2,1-3H3,(H,19,24)(H,21,25)/t10-/m0/s1. The van der Waals surface area contributed by atoms with E-state index in [0.717, 1.165) is 10.7 Å². The van der Waals surface area contributed by atoms with Gasteiger partial charge in [-0.1, -0.05) is 11.8 Å². The third kappa shape index (κ3) is 5.64. The molecule has 0 fully saturated rings. The van der Waals surface area contributed by atoms with Crippen LogP contribution < -0.4 is 10.6 Å². The third-order valence-corrected chi connectivity index (χ3v) is 5.32. The van der Waals surface area contributed by atoms with Crippen LogP contribution in [0.2, 0.25) is 0 Å². The number of rotatable bonds is 7. The molecule has 10 heteroatoms. The Hall–Kier alpha value is -2.72. The Morgan fingerprint density at radius 3 is 2.46 bits per heavy atom. The van der Waals surface area contributed by atoms with E-state index in [1.807, 2.05) is 12.3 Å². The lowest BCUT2D eigenvalue weighted by molar-refractivity contribution is -0.115. The Morgan fingerprint density at radius 1 is 1.18 bits per heavy atom. The summed E-state index contributed by atoms with van der Waals surface area (Å²) < 4.78 is 5.61. The molecule has 0 unspecified atom stereocenters. The number of thiazole rings is 1. The van der Waals surface area contributed by atoms with E-state index in [1.165, 1.54) is 18.7 Å². The van der Waals surface area contributed by atoms with Gasteiger partial charge in [-0.3, -0.25) is 9.59 Å². The first-order chi connectivity index (χ1) is 13.4. The highest BCUT2D eigenvalue weighted by atomic mass is 32.2. The van der Waals surface area contributed by atoms with Crippen LogP contribution in [0.4, 0.5) is 11.4 Å². The van der Waals surface area contributed by atoms with Crippen LogP contribution in [0.1, 0.15) is 30.4 Å². The molecule has 146 valence electrons. The van der Waals surface area contributed by atoms with Crippen LogP contribution in [-0.4, -0.2) is 32.2 Å². The number of anilines is 2. The quantitative estimate of drug-likeness (QED) is 0.566. The average molecular weight is 418 g/mol. The third-order valence-electron chi connectivity index (χ3n) is 3.57. The lowest BCUT2D eigenvalue weighted by atomic mass is 10.2. The van der Waals surface area contributed by atoms with Crippen molar-refractivity contribution in [3.8, 4) is 0 Å². The van der Waals surface area contributed by atoms with Crippen molar-refractivity contribution in [2.45, 2.75) is 37.7 Å².